The van der Waals surface area contributed by atoms with Crippen molar-refractivity contribution in [3.63, 3.8) is 0 Å². The van der Waals surface area contributed by atoms with Crippen LogP contribution in [-0.4, -0.2) is 13.1 Å². The highest BCUT2D eigenvalue weighted by atomic mass is 35.5. The van der Waals surface area contributed by atoms with E-state index in [2.05, 4.69) is 4.74 Å². The van der Waals surface area contributed by atoms with E-state index < -0.39 is 0 Å². The third kappa shape index (κ3) is 4.08. The number of carbonyl (C=O) groups excluding carboxylic acids is 1. The standard InChI is InChI=1S/C16H15ClO3/c1-19-16(18)14-7-5-12(6-8-14)10-20-11-13-3-2-4-15(17)9-13/h2-9H,10-11H2,1H3. The average Bonchev–Trinajstić information content (AvgIpc) is 2.47. The van der Waals surface area contributed by atoms with Crippen molar-refractivity contribution in [1.29, 1.82) is 0 Å². The first kappa shape index (κ1) is 14.6. The summed E-state index contributed by atoms with van der Waals surface area (Å²) in [5.74, 6) is -0.337. The van der Waals surface area contributed by atoms with Gasteiger partial charge in [0.25, 0.3) is 0 Å². The monoisotopic (exact) mass is 290 g/mol. The third-order valence-electron chi connectivity index (χ3n) is 2.80. The minimum Gasteiger partial charge on any atom is -0.465 e. The second-order valence-corrected chi connectivity index (χ2v) is 4.75. The molecule has 2 rings (SSSR count). The summed E-state index contributed by atoms with van der Waals surface area (Å²) >= 11 is 5.90. The van der Waals surface area contributed by atoms with E-state index in [9.17, 15) is 4.79 Å². The maximum atomic E-state index is 11.3. The van der Waals surface area contributed by atoms with Gasteiger partial charge in [0, 0.05) is 5.02 Å². The van der Waals surface area contributed by atoms with E-state index in [0.29, 0.717) is 23.8 Å². The molecule has 0 bridgehead atoms. The normalized spacial score (nSPS) is 10.3. The molecule has 0 atom stereocenters. The lowest BCUT2D eigenvalue weighted by molar-refractivity contribution is 0.0600. The lowest BCUT2D eigenvalue weighted by Crippen LogP contribution is -2.01. The molecule has 3 nitrogen and oxygen atoms in total. The van der Waals surface area contributed by atoms with Crippen LogP contribution in [0.1, 0.15) is 21.5 Å². The van der Waals surface area contributed by atoms with Crippen LogP contribution in [-0.2, 0) is 22.7 Å². The van der Waals surface area contributed by atoms with Crippen LogP contribution in [0.5, 0.6) is 0 Å². The van der Waals surface area contributed by atoms with Gasteiger partial charge in [-0.25, -0.2) is 4.79 Å². The zero-order valence-electron chi connectivity index (χ0n) is 11.1. The van der Waals surface area contributed by atoms with E-state index in [4.69, 9.17) is 16.3 Å². The highest BCUT2D eigenvalue weighted by Gasteiger charge is 2.04. The molecule has 2 aromatic rings. The molecule has 0 aliphatic rings. The van der Waals surface area contributed by atoms with Crippen LogP contribution >= 0.6 is 11.6 Å². The first-order chi connectivity index (χ1) is 9.69. The Morgan fingerprint density at radius 1 is 1.05 bits per heavy atom. The Balaban J connectivity index is 1.86. The number of carbonyl (C=O) groups is 1. The van der Waals surface area contributed by atoms with Crippen molar-refractivity contribution in [1.82, 2.24) is 0 Å². The van der Waals surface area contributed by atoms with Gasteiger partial charge in [-0.2, -0.15) is 0 Å². The first-order valence-corrected chi connectivity index (χ1v) is 6.56. The molecular weight excluding hydrogens is 276 g/mol. The quantitative estimate of drug-likeness (QED) is 0.785. The molecule has 0 saturated carbocycles. The molecule has 2 aromatic carbocycles. The lowest BCUT2D eigenvalue weighted by atomic mass is 10.1. The Labute approximate surface area is 123 Å². The molecule has 0 aliphatic heterocycles. The third-order valence-corrected chi connectivity index (χ3v) is 3.04. The number of methoxy groups -OCH3 is 1. The van der Waals surface area contributed by atoms with Crippen molar-refractivity contribution in [3.05, 3.63) is 70.2 Å². The van der Waals surface area contributed by atoms with E-state index in [0.717, 1.165) is 11.1 Å². The minimum atomic E-state index is -0.337. The summed E-state index contributed by atoms with van der Waals surface area (Å²) in [6.45, 7) is 0.979. The van der Waals surface area contributed by atoms with Crippen LogP contribution in [0, 0.1) is 0 Å². The smallest absolute Gasteiger partial charge is 0.337 e. The van der Waals surface area contributed by atoms with Crippen LogP contribution in [0.2, 0.25) is 5.02 Å². The van der Waals surface area contributed by atoms with E-state index in [1.165, 1.54) is 7.11 Å². The van der Waals surface area contributed by atoms with E-state index in [-0.39, 0.29) is 5.97 Å². The van der Waals surface area contributed by atoms with Gasteiger partial charge in [0.1, 0.15) is 0 Å². The van der Waals surface area contributed by atoms with Crippen molar-refractivity contribution >= 4 is 17.6 Å². The van der Waals surface area contributed by atoms with Gasteiger partial charge in [-0.3, -0.25) is 0 Å². The Morgan fingerprint density at radius 3 is 2.40 bits per heavy atom. The number of hydrogen-bond acceptors (Lipinski definition) is 3. The molecule has 0 saturated heterocycles. The van der Waals surface area contributed by atoms with Gasteiger partial charge >= 0.3 is 5.97 Å². The molecule has 0 radical (unpaired) electrons. The molecular formula is C16H15ClO3. The van der Waals surface area contributed by atoms with Crippen LogP contribution in [0.25, 0.3) is 0 Å². The van der Waals surface area contributed by atoms with Crippen LogP contribution in [0.15, 0.2) is 48.5 Å². The van der Waals surface area contributed by atoms with Gasteiger partial charge in [0.05, 0.1) is 25.9 Å². The van der Waals surface area contributed by atoms with Gasteiger partial charge in [0.2, 0.25) is 0 Å². The molecule has 0 N–H and O–H groups in total. The Bertz CT molecular complexity index is 579. The summed E-state index contributed by atoms with van der Waals surface area (Å²) in [5, 5.41) is 0.702. The molecule has 0 spiro atoms. The average molecular weight is 291 g/mol. The summed E-state index contributed by atoms with van der Waals surface area (Å²) in [5.41, 5.74) is 2.56. The first-order valence-electron chi connectivity index (χ1n) is 6.18. The predicted molar refractivity (Wildman–Crippen MR) is 77.7 cm³/mol. The highest BCUT2D eigenvalue weighted by Crippen LogP contribution is 2.13. The molecule has 20 heavy (non-hydrogen) atoms. The molecule has 0 aromatic heterocycles. The fraction of sp³-hybridized carbons (Fsp3) is 0.188. The van der Waals surface area contributed by atoms with E-state index >= 15 is 0 Å². The van der Waals surface area contributed by atoms with Gasteiger partial charge in [0.15, 0.2) is 0 Å². The van der Waals surface area contributed by atoms with Gasteiger partial charge < -0.3 is 9.47 Å². The van der Waals surface area contributed by atoms with Crippen molar-refractivity contribution in [2.45, 2.75) is 13.2 Å². The highest BCUT2D eigenvalue weighted by molar-refractivity contribution is 6.30. The van der Waals surface area contributed by atoms with Crippen LogP contribution < -0.4 is 0 Å². The van der Waals surface area contributed by atoms with Crippen molar-refractivity contribution in [3.8, 4) is 0 Å². The molecule has 0 heterocycles. The Hall–Kier alpha value is -1.84. The van der Waals surface area contributed by atoms with E-state index in [1.54, 1.807) is 12.1 Å². The Kier molecular flexibility index (Phi) is 5.16. The van der Waals surface area contributed by atoms with Crippen molar-refractivity contribution in [2.24, 2.45) is 0 Å². The number of halogens is 1. The van der Waals surface area contributed by atoms with Gasteiger partial charge in [-0.15, -0.1) is 0 Å². The van der Waals surface area contributed by atoms with Gasteiger partial charge in [-0.05, 0) is 35.4 Å². The maximum Gasteiger partial charge on any atom is 0.337 e. The number of esters is 1. The largest absolute Gasteiger partial charge is 0.465 e. The Morgan fingerprint density at radius 2 is 1.75 bits per heavy atom. The SMILES string of the molecule is COC(=O)c1ccc(COCc2cccc(Cl)c2)cc1. The number of benzene rings is 2. The lowest BCUT2D eigenvalue weighted by Gasteiger charge is -2.06. The zero-order valence-corrected chi connectivity index (χ0v) is 11.9. The molecule has 0 fully saturated rings. The fourth-order valence-electron chi connectivity index (χ4n) is 1.77. The van der Waals surface area contributed by atoms with Crippen molar-refractivity contribution < 1.29 is 14.3 Å². The zero-order chi connectivity index (χ0) is 14.4. The van der Waals surface area contributed by atoms with Crippen LogP contribution in [0.4, 0.5) is 0 Å². The topological polar surface area (TPSA) is 35.5 Å². The summed E-state index contributed by atoms with van der Waals surface area (Å²) in [4.78, 5) is 11.3. The predicted octanol–water partition coefficient (Wildman–Crippen LogP) is 3.84. The summed E-state index contributed by atoms with van der Waals surface area (Å²) in [6.07, 6.45) is 0. The second kappa shape index (κ2) is 7.08. The fourth-order valence-corrected chi connectivity index (χ4v) is 1.98. The minimum absolute atomic E-state index is 0.337. The van der Waals surface area contributed by atoms with Crippen LogP contribution in [0.3, 0.4) is 0 Å². The molecule has 4 heteroatoms. The van der Waals surface area contributed by atoms with Crippen molar-refractivity contribution in [2.75, 3.05) is 7.11 Å². The molecule has 0 unspecified atom stereocenters. The van der Waals surface area contributed by atoms with Gasteiger partial charge in [-0.1, -0.05) is 35.9 Å². The molecule has 0 amide bonds. The summed E-state index contributed by atoms with van der Waals surface area (Å²) in [7, 11) is 1.37. The van der Waals surface area contributed by atoms with E-state index in [1.807, 2.05) is 36.4 Å². The number of ether oxygens (including phenoxy) is 2. The maximum absolute atomic E-state index is 11.3. The molecule has 0 aliphatic carbocycles. The number of rotatable bonds is 5. The molecule has 104 valence electrons. The summed E-state index contributed by atoms with van der Waals surface area (Å²) in [6, 6.07) is 14.7. The summed E-state index contributed by atoms with van der Waals surface area (Å²) < 4.78 is 10.3. The second-order valence-electron chi connectivity index (χ2n) is 4.31. The number of hydrogen-bond donors (Lipinski definition) is 0.